The summed E-state index contributed by atoms with van der Waals surface area (Å²) < 4.78 is 10.2. The van der Waals surface area contributed by atoms with E-state index in [-0.39, 0.29) is 12.5 Å². The normalized spacial score (nSPS) is 10.4. The maximum Gasteiger partial charge on any atom is 0.251 e. The maximum absolute atomic E-state index is 12.0. The molecule has 0 aliphatic rings. The van der Waals surface area contributed by atoms with E-state index in [1.54, 1.807) is 31.4 Å². The van der Waals surface area contributed by atoms with Gasteiger partial charge in [0.1, 0.15) is 5.75 Å². The largest absolute Gasteiger partial charge is 0.497 e. The molecule has 0 saturated heterocycles. The van der Waals surface area contributed by atoms with Gasteiger partial charge in [-0.05, 0) is 35.7 Å². The van der Waals surface area contributed by atoms with Crippen molar-refractivity contribution < 1.29 is 14.1 Å². The highest BCUT2D eigenvalue weighted by Gasteiger charge is 2.11. The van der Waals surface area contributed by atoms with Crippen LogP contribution in [0.4, 0.5) is 0 Å². The summed E-state index contributed by atoms with van der Waals surface area (Å²) in [6.07, 6.45) is 0. The average Bonchev–Trinajstić information content (AvgIpc) is 3.23. The molecule has 22 heavy (non-hydrogen) atoms. The van der Waals surface area contributed by atoms with Crippen molar-refractivity contribution in [3.05, 3.63) is 53.2 Å². The fourth-order valence-electron chi connectivity index (χ4n) is 1.83. The van der Waals surface area contributed by atoms with Crippen LogP contribution >= 0.6 is 11.3 Å². The summed E-state index contributed by atoms with van der Waals surface area (Å²) >= 11 is 1.53. The highest BCUT2D eigenvalue weighted by Crippen LogP contribution is 2.21. The number of thiophene rings is 1. The average molecular weight is 315 g/mol. The van der Waals surface area contributed by atoms with Crippen molar-refractivity contribution >= 4 is 17.2 Å². The smallest absolute Gasteiger partial charge is 0.251 e. The summed E-state index contributed by atoms with van der Waals surface area (Å²) in [5.74, 6) is 1.39. The minimum Gasteiger partial charge on any atom is -0.497 e. The Hall–Kier alpha value is -2.67. The zero-order chi connectivity index (χ0) is 15.4. The van der Waals surface area contributed by atoms with E-state index >= 15 is 0 Å². The second-order valence-corrected chi connectivity index (χ2v) is 5.35. The molecule has 6 nitrogen and oxygen atoms in total. The molecule has 0 fully saturated rings. The van der Waals surface area contributed by atoms with Crippen molar-refractivity contribution in [1.82, 2.24) is 15.5 Å². The zero-order valence-corrected chi connectivity index (χ0v) is 12.6. The summed E-state index contributed by atoms with van der Waals surface area (Å²) in [5, 5.41) is 8.57. The molecule has 2 heterocycles. The number of hydrogen-bond acceptors (Lipinski definition) is 6. The molecular formula is C15H13N3O3S. The molecule has 0 atom stereocenters. The van der Waals surface area contributed by atoms with Gasteiger partial charge in [0.2, 0.25) is 11.7 Å². The molecular weight excluding hydrogens is 302 g/mol. The first-order valence-electron chi connectivity index (χ1n) is 6.55. The van der Waals surface area contributed by atoms with Gasteiger partial charge in [0.25, 0.3) is 5.91 Å². The van der Waals surface area contributed by atoms with Gasteiger partial charge < -0.3 is 14.6 Å². The summed E-state index contributed by atoms with van der Waals surface area (Å²) in [4.78, 5) is 17.2. The number of carbonyl (C=O) groups excluding carboxylic acids is 1. The van der Waals surface area contributed by atoms with Crippen molar-refractivity contribution in [2.75, 3.05) is 7.11 Å². The number of aromatic nitrogens is 2. The van der Waals surface area contributed by atoms with E-state index in [1.165, 1.54) is 11.3 Å². The van der Waals surface area contributed by atoms with Crippen LogP contribution in [0.2, 0.25) is 0 Å². The minimum atomic E-state index is -0.210. The third-order valence-corrected chi connectivity index (χ3v) is 3.83. The standard InChI is InChI=1S/C15H13N3O3S/c1-20-11-6-4-10(5-7-11)15(19)16-9-13-17-14(18-21-13)12-3-2-8-22-12/h2-8H,9H2,1H3,(H,16,19). The Labute approximate surface area is 130 Å². The molecule has 0 radical (unpaired) electrons. The van der Waals surface area contributed by atoms with Gasteiger partial charge >= 0.3 is 0 Å². The molecule has 1 aromatic carbocycles. The molecule has 0 spiro atoms. The number of benzene rings is 1. The van der Waals surface area contributed by atoms with Crippen LogP contribution in [0.1, 0.15) is 16.2 Å². The Morgan fingerprint density at radius 2 is 2.14 bits per heavy atom. The number of hydrogen-bond donors (Lipinski definition) is 1. The molecule has 1 N–H and O–H groups in total. The molecule has 0 bridgehead atoms. The fraction of sp³-hybridized carbons (Fsp3) is 0.133. The second kappa shape index (κ2) is 6.40. The first kappa shape index (κ1) is 14.3. The van der Waals surface area contributed by atoms with Crippen molar-refractivity contribution in [2.45, 2.75) is 6.54 Å². The predicted molar refractivity (Wildman–Crippen MR) is 81.8 cm³/mol. The third kappa shape index (κ3) is 3.15. The number of carbonyl (C=O) groups is 1. The van der Waals surface area contributed by atoms with Gasteiger partial charge in [-0.25, -0.2) is 0 Å². The monoisotopic (exact) mass is 315 g/mol. The van der Waals surface area contributed by atoms with Crippen LogP contribution in [0.25, 0.3) is 10.7 Å². The number of nitrogens with zero attached hydrogens (tertiary/aromatic N) is 2. The van der Waals surface area contributed by atoms with Crippen LogP contribution in [0.3, 0.4) is 0 Å². The van der Waals surface area contributed by atoms with Crippen molar-refractivity contribution in [3.63, 3.8) is 0 Å². The molecule has 3 rings (SSSR count). The zero-order valence-electron chi connectivity index (χ0n) is 11.8. The van der Waals surface area contributed by atoms with Crippen LogP contribution in [0.15, 0.2) is 46.3 Å². The van der Waals surface area contributed by atoms with Crippen LogP contribution in [-0.4, -0.2) is 23.2 Å². The summed E-state index contributed by atoms with van der Waals surface area (Å²) in [6.45, 7) is 0.184. The van der Waals surface area contributed by atoms with Gasteiger partial charge in [0.05, 0.1) is 18.5 Å². The maximum atomic E-state index is 12.0. The predicted octanol–water partition coefficient (Wildman–Crippen LogP) is 2.74. The van der Waals surface area contributed by atoms with E-state index in [4.69, 9.17) is 9.26 Å². The number of ether oxygens (including phenoxy) is 1. The molecule has 3 aromatic rings. The molecule has 2 aromatic heterocycles. The summed E-state index contributed by atoms with van der Waals surface area (Å²) in [6, 6.07) is 10.7. The lowest BCUT2D eigenvalue weighted by atomic mass is 10.2. The number of methoxy groups -OCH3 is 1. The number of nitrogens with one attached hydrogen (secondary N) is 1. The molecule has 0 unspecified atom stereocenters. The van der Waals surface area contributed by atoms with Gasteiger partial charge in [-0.3, -0.25) is 4.79 Å². The Morgan fingerprint density at radius 3 is 2.82 bits per heavy atom. The highest BCUT2D eigenvalue weighted by atomic mass is 32.1. The first-order valence-corrected chi connectivity index (χ1v) is 7.43. The quantitative estimate of drug-likeness (QED) is 0.783. The van der Waals surface area contributed by atoms with E-state index in [0.717, 1.165) is 4.88 Å². The van der Waals surface area contributed by atoms with Crippen molar-refractivity contribution in [3.8, 4) is 16.5 Å². The van der Waals surface area contributed by atoms with Gasteiger partial charge in [-0.2, -0.15) is 4.98 Å². The lowest BCUT2D eigenvalue weighted by Crippen LogP contribution is -2.22. The Bertz CT molecular complexity index is 751. The molecule has 0 aliphatic carbocycles. The minimum absolute atomic E-state index is 0.184. The number of amides is 1. The SMILES string of the molecule is COc1ccc(C(=O)NCc2nc(-c3cccs3)no2)cc1. The van der Waals surface area contributed by atoms with Crippen LogP contribution in [-0.2, 0) is 6.54 Å². The van der Waals surface area contributed by atoms with E-state index in [9.17, 15) is 4.79 Å². The van der Waals surface area contributed by atoms with Gasteiger partial charge in [-0.1, -0.05) is 11.2 Å². The molecule has 112 valence electrons. The molecule has 0 aliphatic heterocycles. The Morgan fingerprint density at radius 1 is 1.32 bits per heavy atom. The second-order valence-electron chi connectivity index (χ2n) is 4.40. The van der Waals surface area contributed by atoms with Gasteiger partial charge in [-0.15, -0.1) is 11.3 Å². The van der Waals surface area contributed by atoms with E-state index in [1.807, 2.05) is 17.5 Å². The van der Waals surface area contributed by atoms with Crippen LogP contribution in [0.5, 0.6) is 5.75 Å². The van der Waals surface area contributed by atoms with E-state index in [2.05, 4.69) is 15.5 Å². The molecule has 0 saturated carbocycles. The topological polar surface area (TPSA) is 77.2 Å². The Balaban J connectivity index is 1.61. The Kier molecular flexibility index (Phi) is 4.15. The van der Waals surface area contributed by atoms with E-state index in [0.29, 0.717) is 23.0 Å². The van der Waals surface area contributed by atoms with Gasteiger partial charge in [0.15, 0.2) is 0 Å². The molecule has 1 amide bonds. The first-order chi connectivity index (χ1) is 10.8. The summed E-state index contributed by atoms with van der Waals surface area (Å²) in [7, 11) is 1.58. The molecule has 7 heteroatoms. The van der Waals surface area contributed by atoms with Crippen molar-refractivity contribution in [1.29, 1.82) is 0 Å². The van der Waals surface area contributed by atoms with E-state index < -0.39 is 0 Å². The lowest BCUT2D eigenvalue weighted by molar-refractivity contribution is 0.0946. The summed E-state index contributed by atoms with van der Waals surface area (Å²) in [5.41, 5.74) is 0.541. The third-order valence-electron chi connectivity index (χ3n) is 2.96. The van der Waals surface area contributed by atoms with Gasteiger partial charge in [0, 0.05) is 5.56 Å². The fourth-order valence-corrected chi connectivity index (χ4v) is 2.48. The highest BCUT2D eigenvalue weighted by molar-refractivity contribution is 7.13. The van der Waals surface area contributed by atoms with Crippen molar-refractivity contribution in [2.24, 2.45) is 0 Å². The lowest BCUT2D eigenvalue weighted by Gasteiger charge is -2.03. The van der Waals surface area contributed by atoms with Crippen LogP contribution < -0.4 is 10.1 Å². The van der Waals surface area contributed by atoms with Crippen LogP contribution in [0, 0.1) is 0 Å². The number of rotatable bonds is 5.